The Morgan fingerprint density at radius 2 is 1.75 bits per heavy atom. The SMILES string of the molecule is NC(=O)c1c(C(=O)Nc2cc(NC(=O)Cc3ccc(OC(F)(F)F)cc3)cnc2F)nn(C2CCCCC2)c1N. The van der Waals surface area contributed by atoms with Crippen molar-refractivity contribution in [3.05, 3.63) is 59.3 Å². The predicted octanol–water partition coefficient (Wildman–Crippen LogP) is 3.94. The average Bonchev–Trinajstić information content (AvgIpc) is 3.24. The molecule has 1 saturated carbocycles. The smallest absolute Gasteiger partial charge is 0.406 e. The Morgan fingerprint density at radius 3 is 2.38 bits per heavy atom. The summed E-state index contributed by atoms with van der Waals surface area (Å²) in [5.41, 5.74) is 10.9. The van der Waals surface area contributed by atoms with Crippen LogP contribution in [0.4, 0.5) is 34.8 Å². The highest BCUT2D eigenvalue weighted by Crippen LogP contribution is 2.32. The van der Waals surface area contributed by atoms with Gasteiger partial charge in [-0.25, -0.2) is 9.67 Å². The highest BCUT2D eigenvalue weighted by Gasteiger charge is 2.31. The van der Waals surface area contributed by atoms with Crippen molar-refractivity contribution in [2.45, 2.75) is 50.9 Å². The van der Waals surface area contributed by atoms with Gasteiger partial charge in [0.1, 0.15) is 17.1 Å². The number of nitrogens with zero attached hydrogens (tertiary/aromatic N) is 3. The van der Waals surface area contributed by atoms with Crippen LogP contribution in [0.25, 0.3) is 0 Å². The third-order valence-electron chi connectivity index (χ3n) is 6.22. The van der Waals surface area contributed by atoms with Crippen LogP contribution in [0.3, 0.4) is 0 Å². The first-order valence-electron chi connectivity index (χ1n) is 12.2. The fourth-order valence-corrected chi connectivity index (χ4v) is 4.44. The van der Waals surface area contributed by atoms with E-state index in [2.05, 4.69) is 25.5 Å². The fraction of sp³-hybridized carbons (Fsp3) is 0.320. The number of rotatable bonds is 8. The van der Waals surface area contributed by atoms with Crippen LogP contribution in [0.5, 0.6) is 5.75 Å². The number of nitrogen functional groups attached to an aromatic ring is 1. The number of hydrogen-bond donors (Lipinski definition) is 4. The zero-order chi connectivity index (χ0) is 29.0. The van der Waals surface area contributed by atoms with Gasteiger partial charge in [0.05, 0.1) is 30.0 Å². The molecule has 11 nitrogen and oxygen atoms in total. The van der Waals surface area contributed by atoms with Gasteiger partial charge < -0.3 is 26.8 Å². The zero-order valence-corrected chi connectivity index (χ0v) is 20.9. The summed E-state index contributed by atoms with van der Waals surface area (Å²) in [7, 11) is 0. The molecule has 15 heteroatoms. The van der Waals surface area contributed by atoms with Crippen LogP contribution in [0, 0.1) is 5.95 Å². The van der Waals surface area contributed by atoms with Gasteiger partial charge in [0, 0.05) is 0 Å². The van der Waals surface area contributed by atoms with Gasteiger partial charge in [-0.2, -0.15) is 9.49 Å². The molecular weight excluding hydrogens is 538 g/mol. The Morgan fingerprint density at radius 1 is 1.07 bits per heavy atom. The van der Waals surface area contributed by atoms with Gasteiger partial charge in [-0.05, 0) is 36.6 Å². The average molecular weight is 564 g/mol. The number of amides is 3. The molecule has 6 N–H and O–H groups in total. The first-order chi connectivity index (χ1) is 18.9. The molecule has 3 aromatic rings. The summed E-state index contributed by atoms with van der Waals surface area (Å²) in [6, 6.07) is 5.67. The van der Waals surface area contributed by atoms with Crippen LogP contribution >= 0.6 is 0 Å². The van der Waals surface area contributed by atoms with E-state index in [-0.39, 0.29) is 35.2 Å². The second-order valence-electron chi connectivity index (χ2n) is 9.14. The second kappa shape index (κ2) is 11.6. The van der Waals surface area contributed by atoms with E-state index in [4.69, 9.17) is 11.5 Å². The lowest BCUT2D eigenvalue weighted by Crippen LogP contribution is -2.21. The number of pyridine rings is 1. The first-order valence-corrected chi connectivity index (χ1v) is 12.2. The number of anilines is 3. The molecule has 0 aliphatic heterocycles. The van der Waals surface area contributed by atoms with E-state index in [1.807, 2.05) is 0 Å². The quantitative estimate of drug-likeness (QED) is 0.238. The van der Waals surface area contributed by atoms with Crippen molar-refractivity contribution in [2.24, 2.45) is 5.73 Å². The summed E-state index contributed by atoms with van der Waals surface area (Å²) in [6.45, 7) is 0. The molecule has 0 unspecified atom stereocenters. The molecule has 0 radical (unpaired) electrons. The van der Waals surface area contributed by atoms with E-state index in [1.54, 1.807) is 0 Å². The molecule has 1 aromatic carbocycles. The highest BCUT2D eigenvalue weighted by molar-refractivity contribution is 6.13. The van der Waals surface area contributed by atoms with Crippen LogP contribution in [0.1, 0.15) is 64.6 Å². The van der Waals surface area contributed by atoms with Gasteiger partial charge in [0.15, 0.2) is 5.69 Å². The molecule has 1 aliphatic rings. The van der Waals surface area contributed by atoms with Crippen molar-refractivity contribution in [1.29, 1.82) is 0 Å². The van der Waals surface area contributed by atoms with Crippen LogP contribution in [0.15, 0.2) is 36.5 Å². The molecule has 4 rings (SSSR count). The van der Waals surface area contributed by atoms with E-state index >= 15 is 0 Å². The molecule has 2 heterocycles. The molecule has 40 heavy (non-hydrogen) atoms. The number of nitrogens with one attached hydrogen (secondary N) is 2. The second-order valence-corrected chi connectivity index (χ2v) is 9.14. The predicted molar refractivity (Wildman–Crippen MR) is 135 cm³/mol. The maximum Gasteiger partial charge on any atom is 0.573 e. The lowest BCUT2D eigenvalue weighted by molar-refractivity contribution is -0.274. The largest absolute Gasteiger partial charge is 0.573 e. The highest BCUT2D eigenvalue weighted by atomic mass is 19.4. The zero-order valence-electron chi connectivity index (χ0n) is 20.9. The van der Waals surface area contributed by atoms with Crippen molar-refractivity contribution in [1.82, 2.24) is 14.8 Å². The molecular formula is C25H25F4N7O4. The van der Waals surface area contributed by atoms with Crippen LogP contribution in [-0.4, -0.2) is 38.8 Å². The first kappa shape index (κ1) is 28.3. The third-order valence-corrected chi connectivity index (χ3v) is 6.22. The minimum absolute atomic E-state index is 0.0149. The molecule has 0 spiro atoms. The molecule has 3 amide bonds. The topological polar surface area (TPSA) is 167 Å². The standard InChI is InChI=1S/C25H25F4N7O4/c26-21-17(34-24(39)20-19(23(31)38)22(30)36(35-20)15-4-2-1-3-5-15)11-14(12-32-21)33-18(37)10-13-6-8-16(9-7-13)40-25(27,28)29/h6-9,11-12,15H,1-5,10,30H2,(H2,31,38)(H,33,37)(H,34,39). The van der Waals surface area contributed by atoms with E-state index in [9.17, 15) is 31.9 Å². The normalized spacial score (nSPS) is 14.0. The number of nitrogens with two attached hydrogens (primary N) is 2. The lowest BCUT2D eigenvalue weighted by Gasteiger charge is -2.22. The number of halogens is 4. The minimum atomic E-state index is -4.84. The number of carbonyl (C=O) groups is 3. The molecule has 0 saturated heterocycles. The van der Waals surface area contributed by atoms with Crippen LogP contribution in [-0.2, 0) is 11.2 Å². The Balaban J connectivity index is 1.46. The summed E-state index contributed by atoms with van der Waals surface area (Å²) in [5.74, 6) is -4.09. The van der Waals surface area contributed by atoms with Crippen LogP contribution in [0.2, 0.25) is 0 Å². The monoisotopic (exact) mass is 563 g/mol. The van der Waals surface area contributed by atoms with Crippen molar-refractivity contribution >= 4 is 34.9 Å². The summed E-state index contributed by atoms with van der Waals surface area (Å²) in [6.07, 6.45) is 0.378. The molecule has 1 fully saturated rings. The maximum atomic E-state index is 14.4. The van der Waals surface area contributed by atoms with E-state index < -0.39 is 41.5 Å². The number of alkyl halides is 3. The molecule has 0 atom stereocenters. The van der Waals surface area contributed by atoms with Gasteiger partial charge >= 0.3 is 6.36 Å². The van der Waals surface area contributed by atoms with Crippen molar-refractivity contribution in [2.75, 3.05) is 16.4 Å². The van der Waals surface area contributed by atoms with Crippen molar-refractivity contribution in [3.8, 4) is 5.75 Å². The Kier molecular flexibility index (Phi) is 8.21. The summed E-state index contributed by atoms with van der Waals surface area (Å²) >= 11 is 0. The van der Waals surface area contributed by atoms with Crippen molar-refractivity contribution in [3.63, 3.8) is 0 Å². The Hall–Kier alpha value is -4.69. The molecule has 2 aromatic heterocycles. The summed E-state index contributed by atoms with van der Waals surface area (Å²) < 4.78 is 56.6. The number of ether oxygens (including phenoxy) is 1. The van der Waals surface area contributed by atoms with Gasteiger partial charge in [-0.15, -0.1) is 13.2 Å². The Bertz CT molecular complexity index is 1420. The van der Waals surface area contributed by atoms with E-state index in [0.717, 1.165) is 56.5 Å². The van der Waals surface area contributed by atoms with Crippen LogP contribution < -0.4 is 26.8 Å². The number of benzene rings is 1. The van der Waals surface area contributed by atoms with E-state index in [1.165, 1.54) is 16.8 Å². The van der Waals surface area contributed by atoms with Gasteiger partial charge in [-0.3, -0.25) is 14.4 Å². The molecule has 0 bridgehead atoms. The fourth-order valence-electron chi connectivity index (χ4n) is 4.44. The number of carbonyl (C=O) groups excluding carboxylic acids is 3. The van der Waals surface area contributed by atoms with Crippen molar-refractivity contribution < 1.29 is 36.7 Å². The number of aromatic nitrogens is 3. The van der Waals surface area contributed by atoms with E-state index in [0.29, 0.717) is 5.56 Å². The Labute approximate surface area is 224 Å². The van der Waals surface area contributed by atoms with Gasteiger partial charge in [0.2, 0.25) is 11.9 Å². The third kappa shape index (κ3) is 6.84. The van der Waals surface area contributed by atoms with Gasteiger partial charge in [0.25, 0.3) is 11.8 Å². The summed E-state index contributed by atoms with van der Waals surface area (Å²) in [4.78, 5) is 41.1. The minimum Gasteiger partial charge on any atom is -0.406 e. The summed E-state index contributed by atoms with van der Waals surface area (Å²) in [5, 5.41) is 8.96. The number of primary amides is 1. The molecule has 1 aliphatic carbocycles. The van der Waals surface area contributed by atoms with Gasteiger partial charge in [-0.1, -0.05) is 31.4 Å². The lowest BCUT2D eigenvalue weighted by atomic mass is 9.95. The molecule has 212 valence electrons. The maximum absolute atomic E-state index is 14.4. The number of hydrogen-bond acceptors (Lipinski definition) is 7.